The number of H-pyrrole nitrogens is 1. The molecule has 0 atom stereocenters. The van der Waals surface area contributed by atoms with Gasteiger partial charge in [-0.2, -0.15) is 5.10 Å². The van der Waals surface area contributed by atoms with Crippen molar-refractivity contribution in [1.29, 1.82) is 0 Å². The smallest absolute Gasteiger partial charge is 0.246 e. The lowest BCUT2D eigenvalue weighted by Crippen LogP contribution is -2.19. The van der Waals surface area contributed by atoms with Crippen LogP contribution in [0.3, 0.4) is 0 Å². The summed E-state index contributed by atoms with van der Waals surface area (Å²) in [5, 5.41) is 16.7. The molecule has 0 saturated carbocycles. The molecular weight excluding hydrogens is 358 g/mol. The zero-order valence-corrected chi connectivity index (χ0v) is 13.7. The summed E-state index contributed by atoms with van der Waals surface area (Å²) in [6.45, 7) is -0.225. The number of furan rings is 1. The molecule has 4 aromatic rings. The average Bonchev–Trinajstić information content (AvgIpc) is 3.37. The van der Waals surface area contributed by atoms with E-state index < -0.39 is 17.5 Å². The number of aromatic amines is 1. The molecule has 2 N–H and O–H groups in total. The molecule has 0 radical (unpaired) electrons. The maximum absolute atomic E-state index is 13.6. The van der Waals surface area contributed by atoms with Crippen molar-refractivity contribution in [2.24, 2.45) is 0 Å². The molecule has 3 heterocycles. The number of carbonyl (C=O) groups is 1. The Bertz CT molecular complexity index is 1090. The van der Waals surface area contributed by atoms with Gasteiger partial charge in [-0.1, -0.05) is 5.21 Å². The van der Waals surface area contributed by atoms with E-state index >= 15 is 0 Å². The summed E-state index contributed by atoms with van der Waals surface area (Å²) >= 11 is 0. The van der Waals surface area contributed by atoms with Gasteiger partial charge in [0.1, 0.15) is 29.6 Å². The molecular formula is C17H12F2N6O2. The molecule has 0 fully saturated rings. The number of nitrogens with one attached hydrogen (secondary N) is 2. The third-order valence-electron chi connectivity index (χ3n) is 3.67. The maximum atomic E-state index is 13.6. The van der Waals surface area contributed by atoms with E-state index in [4.69, 9.17) is 4.42 Å². The van der Waals surface area contributed by atoms with Gasteiger partial charge in [-0.3, -0.25) is 9.89 Å². The minimum atomic E-state index is -0.731. The summed E-state index contributed by atoms with van der Waals surface area (Å²) < 4.78 is 33.7. The van der Waals surface area contributed by atoms with Gasteiger partial charge >= 0.3 is 0 Å². The highest BCUT2D eigenvalue weighted by Gasteiger charge is 2.13. The second kappa shape index (κ2) is 6.83. The topological polar surface area (TPSA) is 102 Å². The minimum Gasteiger partial charge on any atom is -0.453 e. The van der Waals surface area contributed by atoms with Crippen molar-refractivity contribution >= 4 is 11.6 Å². The molecule has 10 heteroatoms. The standard InChI is InChI=1S/C17H12F2N6O2/c18-10-1-2-11(19)13(7-10)21-17(26)9-25-8-14(23-24-25)16-4-3-15(27-16)12-5-6-20-22-12/h1-8H,9H2,(H,20,22)(H,21,26). The van der Waals surface area contributed by atoms with Crippen molar-refractivity contribution in [3.8, 4) is 22.9 Å². The highest BCUT2D eigenvalue weighted by Crippen LogP contribution is 2.25. The number of hydrogen-bond acceptors (Lipinski definition) is 5. The maximum Gasteiger partial charge on any atom is 0.246 e. The van der Waals surface area contributed by atoms with Crippen LogP contribution in [-0.2, 0) is 11.3 Å². The van der Waals surface area contributed by atoms with E-state index in [-0.39, 0.29) is 12.2 Å². The Morgan fingerprint density at radius 1 is 1.19 bits per heavy atom. The van der Waals surface area contributed by atoms with Gasteiger partial charge in [0.15, 0.2) is 11.5 Å². The number of aromatic nitrogens is 5. The lowest BCUT2D eigenvalue weighted by Gasteiger charge is -2.06. The van der Waals surface area contributed by atoms with Crippen LogP contribution in [0.25, 0.3) is 22.9 Å². The van der Waals surface area contributed by atoms with E-state index in [1.165, 1.54) is 10.9 Å². The van der Waals surface area contributed by atoms with Crippen LogP contribution in [0, 0.1) is 11.6 Å². The summed E-state index contributed by atoms with van der Waals surface area (Å²) in [7, 11) is 0. The van der Waals surface area contributed by atoms with Crippen LogP contribution in [0.4, 0.5) is 14.5 Å². The van der Waals surface area contributed by atoms with Crippen molar-refractivity contribution in [1.82, 2.24) is 25.2 Å². The molecule has 0 bridgehead atoms. The Hall–Kier alpha value is -3.82. The first-order valence-corrected chi connectivity index (χ1v) is 7.83. The highest BCUT2D eigenvalue weighted by atomic mass is 19.1. The van der Waals surface area contributed by atoms with Crippen molar-refractivity contribution in [3.05, 3.63) is 60.4 Å². The fourth-order valence-corrected chi connectivity index (χ4v) is 2.43. The Labute approximate surface area is 150 Å². The van der Waals surface area contributed by atoms with Gasteiger partial charge in [-0.05, 0) is 30.3 Å². The Morgan fingerprint density at radius 3 is 2.85 bits per heavy atom. The largest absolute Gasteiger partial charge is 0.453 e. The highest BCUT2D eigenvalue weighted by molar-refractivity contribution is 5.90. The lowest BCUT2D eigenvalue weighted by molar-refractivity contribution is -0.116. The van der Waals surface area contributed by atoms with E-state index in [2.05, 4.69) is 25.8 Å². The Morgan fingerprint density at radius 2 is 2.04 bits per heavy atom. The molecule has 3 aromatic heterocycles. The Kier molecular flexibility index (Phi) is 4.21. The number of anilines is 1. The molecule has 0 saturated heterocycles. The van der Waals surface area contributed by atoms with E-state index in [9.17, 15) is 13.6 Å². The monoisotopic (exact) mass is 370 g/mol. The van der Waals surface area contributed by atoms with E-state index in [0.717, 1.165) is 18.2 Å². The summed E-state index contributed by atoms with van der Waals surface area (Å²) in [6, 6.07) is 8.03. The number of carbonyl (C=O) groups excluding carboxylic acids is 1. The number of halogens is 2. The van der Waals surface area contributed by atoms with E-state index in [1.54, 1.807) is 24.4 Å². The molecule has 8 nitrogen and oxygen atoms in total. The van der Waals surface area contributed by atoms with Gasteiger partial charge in [-0.25, -0.2) is 13.5 Å². The third-order valence-corrected chi connectivity index (χ3v) is 3.67. The minimum absolute atomic E-state index is 0.225. The van der Waals surface area contributed by atoms with Crippen molar-refractivity contribution in [3.63, 3.8) is 0 Å². The van der Waals surface area contributed by atoms with Gasteiger partial charge < -0.3 is 9.73 Å². The first-order chi connectivity index (χ1) is 13.1. The normalized spacial score (nSPS) is 10.9. The molecule has 0 unspecified atom stereocenters. The molecule has 4 rings (SSSR count). The van der Waals surface area contributed by atoms with Crippen molar-refractivity contribution in [2.45, 2.75) is 6.54 Å². The van der Waals surface area contributed by atoms with Crippen LogP contribution < -0.4 is 5.32 Å². The number of rotatable bonds is 5. The van der Waals surface area contributed by atoms with Crippen LogP contribution >= 0.6 is 0 Å². The first-order valence-electron chi connectivity index (χ1n) is 7.83. The summed E-state index contributed by atoms with van der Waals surface area (Å²) in [5.41, 5.74) is 0.895. The second-order valence-corrected chi connectivity index (χ2v) is 5.61. The van der Waals surface area contributed by atoms with Gasteiger partial charge in [0.05, 0.1) is 11.9 Å². The van der Waals surface area contributed by atoms with Gasteiger partial charge in [0.2, 0.25) is 5.91 Å². The lowest BCUT2D eigenvalue weighted by atomic mass is 10.3. The fourth-order valence-electron chi connectivity index (χ4n) is 2.43. The number of hydrogen-bond donors (Lipinski definition) is 2. The van der Waals surface area contributed by atoms with E-state index in [1.807, 2.05) is 0 Å². The SMILES string of the molecule is O=C(Cn1cc(-c2ccc(-c3ccn[nH]3)o2)nn1)Nc1cc(F)ccc1F. The predicted octanol–water partition coefficient (Wildman–Crippen LogP) is 2.85. The molecule has 27 heavy (non-hydrogen) atoms. The molecule has 0 aliphatic carbocycles. The molecule has 136 valence electrons. The Balaban J connectivity index is 1.45. The molecule has 0 aliphatic rings. The van der Waals surface area contributed by atoms with E-state index in [0.29, 0.717) is 22.9 Å². The first kappa shape index (κ1) is 16.6. The van der Waals surface area contributed by atoms with Crippen LogP contribution in [0.5, 0.6) is 0 Å². The summed E-state index contributed by atoms with van der Waals surface area (Å²) in [5.74, 6) is -0.918. The zero-order valence-electron chi connectivity index (χ0n) is 13.7. The van der Waals surface area contributed by atoms with Crippen LogP contribution in [0.2, 0.25) is 0 Å². The molecule has 0 spiro atoms. The molecule has 1 amide bonds. The van der Waals surface area contributed by atoms with Crippen molar-refractivity contribution < 1.29 is 18.0 Å². The summed E-state index contributed by atoms with van der Waals surface area (Å²) in [4.78, 5) is 12.0. The third kappa shape index (κ3) is 3.59. The average molecular weight is 370 g/mol. The van der Waals surface area contributed by atoms with Gasteiger partial charge in [-0.15, -0.1) is 5.10 Å². The van der Waals surface area contributed by atoms with Crippen molar-refractivity contribution in [2.75, 3.05) is 5.32 Å². The number of nitrogens with zero attached hydrogens (tertiary/aromatic N) is 4. The van der Waals surface area contributed by atoms with Gasteiger partial charge in [0, 0.05) is 12.3 Å². The molecule has 0 aliphatic heterocycles. The van der Waals surface area contributed by atoms with Crippen LogP contribution in [-0.4, -0.2) is 31.1 Å². The second-order valence-electron chi connectivity index (χ2n) is 5.61. The summed E-state index contributed by atoms with van der Waals surface area (Å²) in [6.07, 6.45) is 3.12. The number of benzene rings is 1. The zero-order chi connectivity index (χ0) is 18.8. The molecule has 1 aromatic carbocycles. The quantitative estimate of drug-likeness (QED) is 0.562. The van der Waals surface area contributed by atoms with Crippen LogP contribution in [0.1, 0.15) is 0 Å². The predicted molar refractivity (Wildman–Crippen MR) is 90.3 cm³/mol. The number of amides is 1. The fraction of sp³-hybridized carbons (Fsp3) is 0.0588. The van der Waals surface area contributed by atoms with Crippen LogP contribution in [0.15, 0.2) is 53.2 Å². The van der Waals surface area contributed by atoms with Gasteiger partial charge in [0.25, 0.3) is 0 Å².